The van der Waals surface area contributed by atoms with Gasteiger partial charge in [0.25, 0.3) is 0 Å². The van der Waals surface area contributed by atoms with Crippen LogP contribution < -0.4 is 0 Å². The van der Waals surface area contributed by atoms with Crippen LogP contribution in [-0.4, -0.2) is 19.4 Å². The predicted molar refractivity (Wildman–Crippen MR) is 118 cm³/mol. The minimum atomic E-state index is -2.88. The molecule has 1 saturated carbocycles. The lowest BCUT2D eigenvalue weighted by Gasteiger charge is -2.23. The fourth-order valence-corrected chi connectivity index (χ4v) is 5.80. The van der Waals surface area contributed by atoms with Crippen molar-refractivity contribution in [1.29, 1.82) is 0 Å². The molecule has 0 spiro atoms. The van der Waals surface area contributed by atoms with E-state index in [2.05, 4.69) is 13.8 Å². The van der Waals surface area contributed by atoms with Crippen LogP contribution in [0, 0.1) is 5.92 Å². The van der Waals surface area contributed by atoms with Crippen molar-refractivity contribution in [2.24, 2.45) is 5.92 Å². The normalized spacial score (nSPS) is 17.9. The summed E-state index contributed by atoms with van der Waals surface area (Å²) in [4.78, 5) is 0. The third kappa shape index (κ3) is 13.9. The zero-order chi connectivity index (χ0) is 19.6. The molecule has 4 heteroatoms. The van der Waals surface area contributed by atoms with Crippen molar-refractivity contribution in [3.8, 4) is 0 Å². The lowest BCUT2D eigenvalue weighted by atomic mass is 9.87. The molecule has 1 unspecified atom stereocenters. The van der Waals surface area contributed by atoms with Gasteiger partial charge < -0.3 is 9.05 Å². The Hall–Kier alpha value is 0.150. The van der Waals surface area contributed by atoms with E-state index in [1.807, 2.05) is 0 Å². The van der Waals surface area contributed by atoms with Gasteiger partial charge in [0.2, 0.25) is 0 Å². The molecule has 1 atom stereocenters. The topological polar surface area (TPSA) is 35.5 Å². The molecule has 0 bridgehead atoms. The summed E-state index contributed by atoms with van der Waals surface area (Å²) < 4.78 is 24.7. The highest BCUT2D eigenvalue weighted by Gasteiger charge is 2.24. The minimum Gasteiger partial charge on any atom is -0.309 e. The van der Waals surface area contributed by atoms with Crippen LogP contribution in [0.25, 0.3) is 0 Å². The average molecular weight is 403 g/mol. The summed E-state index contributed by atoms with van der Waals surface area (Å²) in [7, 11) is -2.88. The molecule has 0 saturated heterocycles. The molecular weight excluding hydrogens is 355 g/mol. The third-order valence-electron chi connectivity index (χ3n) is 5.86. The van der Waals surface area contributed by atoms with Crippen LogP contribution in [-0.2, 0) is 13.6 Å². The SMILES string of the molecule is CCCCCCCCCCCOP(=O)(CCCC)OCCC1CCCCC1. The second kappa shape index (κ2) is 17.0. The fraction of sp³-hybridized carbons (Fsp3) is 1.00. The first-order valence-corrected chi connectivity index (χ1v) is 13.8. The average Bonchev–Trinajstić information content (AvgIpc) is 2.69. The quantitative estimate of drug-likeness (QED) is 0.170. The Morgan fingerprint density at radius 2 is 1.26 bits per heavy atom. The molecule has 0 aromatic heterocycles. The van der Waals surface area contributed by atoms with Crippen molar-refractivity contribution in [2.75, 3.05) is 19.4 Å². The van der Waals surface area contributed by atoms with E-state index < -0.39 is 7.60 Å². The molecule has 0 aromatic carbocycles. The van der Waals surface area contributed by atoms with Gasteiger partial charge in [0.1, 0.15) is 0 Å². The van der Waals surface area contributed by atoms with Crippen molar-refractivity contribution in [3.05, 3.63) is 0 Å². The molecule has 0 N–H and O–H groups in total. The molecule has 3 nitrogen and oxygen atoms in total. The lowest BCUT2D eigenvalue weighted by Crippen LogP contribution is -2.10. The number of rotatable bonds is 18. The minimum absolute atomic E-state index is 0.589. The smallest absolute Gasteiger partial charge is 0.309 e. The highest BCUT2D eigenvalue weighted by atomic mass is 31.2. The maximum Gasteiger partial charge on any atom is 0.330 e. The van der Waals surface area contributed by atoms with Gasteiger partial charge in [-0.1, -0.05) is 104 Å². The van der Waals surface area contributed by atoms with Gasteiger partial charge in [-0.3, -0.25) is 4.57 Å². The molecule has 1 fully saturated rings. The van der Waals surface area contributed by atoms with E-state index in [1.165, 1.54) is 83.5 Å². The summed E-state index contributed by atoms with van der Waals surface area (Å²) in [5.41, 5.74) is 0. The van der Waals surface area contributed by atoms with E-state index in [0.29, 0.717) is 19.4 Å². The largest absolute Gasteiger partial charge is 0.330 e. The summed E-state index contributed by atoms with van der Waals surface area (Å²) in [6.07, 6.45) is 22.0. The Labute approximate surface area is 169 Å². The van der Waals surface area contributed by atoms with Crippen LogP contribution >= 0.6 is 7.60 Å². The summed E-state index contributed by atoms with van der Waals surface area (Å²) >= 11 is 0. The zero-order valence-corrected chi connectivity index (χ0v) is 19.3. The first-order valence-electron chi connectivity index (χ1n) is 12.1. The van der Waals surface area contributed by atoms with E-state index in [-0.39, 0.29) is 0 Å². The summed E-state index contributed by atoms with van der Waals surface area (Å²) in [5.74, 6) is 0.774. The van der Waals surface area contributed by atoms with Gasteiger partial charge in [0, 0.05) is 0 Å². The zero-order valence-electron chi connectivity index (χ0n) is 18.4. The first kappa shape index (κ1) is 25.2. The number of hydrogen-bond acceptors (Lipinski definition) is 3. The molecule has 1 aliphatic carbocycles. The highest BCUT2D eigenvalue weighted by Crippen LogP contribution is 2.49. The van der Waals surface area contributed by atoms with Crippen molar-refractivity contribution >= 4 is 7.60 Å². The Morgan fingerprint density at radius 1 is 0.704 bits per heavy atom. The second-order valence-corrected chi connectivity index (χ2v) is 10.7. The monoisotopic (exact) mass is 402 g/mol. The van der Waals surface area contributed by atoms with Gasteiger partial charge >= 0.3 is 7.60 Å². The molecule has 0 radical (unpaired) electrons. The van der Waals surface area contributed by atoms with E-state index in [0.717, 1.165) is 31.6 Å². The molecule has 162 valence electrons. The summed E-state index contributed by atoms with van der Waals surface area (Å²) in [5, 5.41) is 0. The number of hydrogen-bond donors (Lipinski definition) is 0. The van der Waals surface area contributed by atoms with Crippen molar-refractivity contribution in [3.63, 3.8) is 0 Å². The van der Waals surface area contributed by atoms with Crippen molar-refractivity contribution in [2.45, 2.75) is 123 Å². The molecule has 0 aliphatic heterocycles. The second-order valence-electron chi connectivity index (χ2n) is 8.48. The maximum atomic E-state index is 13.0. The van der Waals surface area contributed by atoms with Crippen LogP contribution in [0.15, 0.2) is 0 Å². The van der Waals surface area contributed by atoms with Gasteiger partial charge in [-0.25, -0.2) is 0 Å². The van der Waals surface area contributed by atoms with E-state index in [9.17, 15) is 4.57 Å². The van der Waals surface area contributed by atoms with Gasteiger partial charge in [0.15, 0.2) is 0 Å². The van der Waals surface area contributed by atoms with Crippen LogP contribution in [0.4, 0.5) is 0 Å². The Bertz CT molecular complexity index is 367. The molecule has 0 aromatic rings. The van der Waals surface area contributed by atoms with Crippen molar-refractivity contribution < 1.29 is 13.6 Å². The highest BCUT2D eigenvalue weighted by molar-refractivity contribution is 7.53. The Kier molecular flexibility index (Phi) is 15.9. The van der Waals surface area contributed by atoms with Crippen LogP contribution in [0.1, 0.15) is 123 Å². The van der Waals surface area contributed by atoms with E-state index >= 15 is 0 Å². The maximum absolute atomic E-state index is 13.0. The van der Waals surface area contributed by atoms with Crippen molar-refractivity contribution in [1.82, 2.24) is 0 Å². The van der Waals surface area contributed by atoms with Gasteiger partial charge in [0.05, 0.1) is 19.4 Å². The lowest BCUT2D eigenvalue weighted by molar-refractivity contribution is 0.182. The van der Waals surface area contributed by atoms with E-state index in [1.54, 1.807) is 0 Å². The summed E-state index contributed by atoms with van der Waals surface area (Å²) in [6, 6.07) is 0. The Balaban J connectivity index is 2.11. The molecule has 27 heavy (non-hydrogen) atoms. The molecule has 0 amide bonds. The van der Waals surface area contributed by atoms with Gasteiger partial charge in [-0.2, -0.15) is 0 Å². The first-order chi connectivity index (χ1) is 13.2. The van der Waals surface area contributed by atoms with Gasteiger partial charge in [-0.05, 0) is 25.2 Å². The molecule has 1 rings (SSSR count). The summed E-state index contributed by atoms with van der Waals surface area (Å²) in [6.45, 7) is 5.61. The fourth-order valence-electron chi connectivity index (χ4n) is 3.97. The molecular formula is C23H47O3P. The van der Waals surface area contributed by atoms with E-state index in [4.69, 9.17) is 9.05 Å². The molecule has 0 heterocycles. The third-order valence-corrected chi connectivity index (χ3v) is 7.88. The molecule has 1 aliphatic rings. The Morgan fingerprint density at radius 3 is 1.89 bits per heavy atom. The predicted octanol–water partition coefficient (Wildman–Crippen LogP) is 8.51. The van der Waals surface area contributed by atoms with Gasteiger partial charge in [-0.15, -0.1) is 0 Å². The van der Waals surface area contributed by atoms with Crippen LogP contribution in [0.5, 0.6) is 0 Å². The van der Waals surface area contributed by atoms with Crippen LogP contribution in [0.3, 0.4) is 0 Å². The van der Waals surface area contributed by atoms with Crippen LogP contribution in [0.2, 0.25) is 0 Å². The number of unbranched alkanes of at least 4 members (excludes halogenated alkanes) is 9. The standard InChI is InChI=1S/C23H47O3P/c1-3-5-7-8-9-10-11-12-16-20-25-27(24,22-6-4-2)26-21-19-23-17-14-13-15-18-23/h23H,3-22H2,1-2H3.